The van der Waals surface area contributed by atoms with Gasteiger partial charge >= 0.3 is 23.9 Å². The number of hydrogen-bond acceptors (Lipinski definition) is 14. The minimum atomic E-state index is -1.53. The van der Waals surface area contributed by atoms with E-state index in [1.165, 1.54) is 51.8 Å². The maximum absolute atomic E-state index is 15.1. The first-order valence-corrected chi connectivity index (χ1v) is 29.4. The molecule has 4 amide bonds. The molecule has 1 saturated heterocycles. The monoisotopic (exact) mass is 1160 g/mol. The Morgan fingerprint density at radius 2 is 0.643 bits per heavy atom. The molecule has 84 heavy (non-hydrogen) atoms. The van der Waals surface area contributed by atoms with Crippen LogP contribution in [0.2, 0.25) is 0 Å². The summed E-state index contributed by atoms with van der Waals surface area (Å²) in [5.41, 5.74) is 6.94. The molecule has 0 radical (unpaired) electrons. The van der Waals surface area contributed by atoms with Crippen LogP contribution in [-0.2, 0) is 97.1 Å². The second-order valence-electron chi connectivity index (χ2n) is 24.6. The molecule has 460 valence electrons. The Balaban J connectivity index is 1.59. The van der Waals surface area contributed by atoms with Crippen molar-refractivity contribution < 1.29 is 57.3 Å². The Morgan fingerprint density at radius 3 is 0.893 bits per heavy atom. The average molecular weight is 1170 g/mol. The lowest BCUT2D eigenvalue weighted by Crippen LogP contribution is -2.55. The number of cyclic esters (lactones) is 4. The smallest absolute Gasteiger partial charge is 0.329 e. The summed E-state index contributed by atoms with van der Waals surface area (Å²) in [5, 5.41) is 8.91. The summed E-state index contributed by atoms with van der Waals surface area (Å²) in [4.78, 5) is 122. The number of hydrogen-bond donors (Lipinski definition) is 0. The van der Waals surface area contributed by atoms with Crippen molar-refractivity contribution in [3.05, 3.63) is 106 Å². The molecule has 0 bridgehead atoms. The molecule has 8 atom stereocenters. The highest BCUT2D eigenvalue weighted by molar-refractivity contribution is 5.94. The molecule has 4 aromatic rings. The van der Waals surface area contributed by atoms with E-state index in [1.807, 2.05) is 153 Å². The predicted octanol–water partition coefficient (Wildman–Crippen LogP) is 6.93. The number of aromatic nitrogens is 4. The lowest BCUT2D eigenvalue weighted by molar-refractivity contribution is -0.176. The van der Waals surface area contributed by atoms with Crippen LogP contribution in [-0.4, -0.2) is 163 Å². The highest BCUT2D eigenvalue weighted by Gasteiger charge is 2.43. The zero-order valence-electron chi connectivity index (χ0n) is 52.8. The molecule has 0 N–H and O–H groups in total. The molecule has 0 unspecified atom stereocenters. The first-order chi connectivity index (χ1) is 39.3. The van der Waals surface area contributed by atoms with E-state index in [0.717, 1.165) is 43.7 Å². The molecule has 0 saturated carbocycles. The second-order valence-corrected chi connectivity index (χ2v) is 24.6. The molecular weight excluding hydrogens is 1070 g/mol. The third-order valence-electron chi connectivity index (χ3n) is 15.3. The number of esters is 4. The van der Waals surface area contributed by atoms with E-state index >= 15 is 9.59 Å². The molecule has 1 aliphatic heterocycles. The summed E-state index contributed by atoms with van der Waals surface area (Å²) in [6, 6.07) is 13.8. The normalized spacial score (nSPS) is 22.7. The summed E-state index contributed by atoms with van der Waals surface area (Å²) in [7, 11) is 9.35. The van der Waals surface area contributed by atoms with Gasteiger partial charge in [-0.1, -0.05) is 104 Å². The Hall–Kier alpha value is -7.38. The van der Waals surface area contributed by atoms with Gasteiger partial charge in [0.15, 0.2) is 24.4 Å². The van der Waals surface area contributed by atoms with Crippen molar-refractivity contribution in [3.63, 3.8) is 0 Å². The van der Waals surface area contributed by atoms with Crippen LogP contribution in [0.25, 0.3) is 0 Å². The van der Waals surface area contributed by atoms with Crippen molar-refractivity contribution in [1.82, 2.24) is 39.2 Å². The number of likely N-dealkylation sites (N-methyl/N-ethyl adjacent to an activating group) is 4. The fraction of sp³-hybridized carbons (Fsp3) is 0.594. The topological polar surface area (TPSA) is 222 Å². The Labute approximate surface area is 496 Å². The maximum Gasteiger partial charge on any atom is 0.329 e. The molecule has 20 heteroatoms. The Bertz CT molecular complexity index is 2720. The molecule has 3 heterocycles. The van der Waals surface area contributed by atoms with Gasteiger partial charge in [0, 0.05) is 79.4 Å². The largest absolute Gasteiger partial charge is 0.451 e. The lowest BCUT2D eigenvalue weighted by atomic mass is 9.99. The van der Waals surface area contributed by atoms with E-state index in [9.17, 15) is 28.8 Å². The number of nitrogens with zero attached hydrogens (tertiary/aromatic N) is 8. The number of amides is 4. The van der Waals surface area contributed by atoms with Gasteiger partial charge in [-0.05, 0) is 111 Å². The van der Waals surface area contributed by atoms with E-state index in [4.69, 9.17) is 18.9 Å². The van der Waals surface area contributed by atoms with Crippen molar-refractivity contribution in [2.24, 2.45) is 37.8 Å². The summed E-state index contributed by atoms with van der Waals surface area (Å²) in [5.74, 6) is -7.39. The maximum atomic E-state index is 15.1. The number of ether oxygens (including phenoxy) is 4. The van der Waals surface area contributed by atoms with Crippen LogP contribution in [0.4, 0.5) is 0 Å². The van der Waals surface area contributed by atoms with Gasteiger partial charge in [0.25, 0.3) is 23.6 Å². The van der Waals surface area contributed by atoms with Crippen LogP contribution in [0, 0.1) is 37.5 Å². The molecule has 0 spiro atoms. The first-order valence-electron chi connectivity index (χ1n) is 29.4. The molecule has 2 aromatic carbocycles. The molecule has 1 fully saturated rings. The number of benzene rings is 2. The van der Waals surface area contributed by atoms with Gasteiger partial charge in [-0.25, -0.2) is 19.2 Å². The lowest BCUT2D eigenvalue weighted by Gasteiger charge is -2.35. The van der Waals surface area contributed by atoms with E-state index in [-0.39, 0.29) is 62.2 Å². The van der Waals surface area contributed by atoms with Crippen molar-refractivity contribution in [1.29, 1.82) is 0 Å². The van der Waals surface area contributed by atoms with Crippen LogP contribution in [0.1, 0.15) is 140 Å². The van der Waals surface area contributed by atoms with Crippen molar-refractivity contribution in [2.75, 3.05) is 28.2 Å². The van der Waals surface area contributed by atoms with Crippen LogP contribution in [0.3, 0.4) is 0 Å². The van der Waals surface area contributed by atoms with E-state index in [1.54, 1.807) is 0 Å². The molecule has 1 aliphatic rings. The van der Waals surface area contributed by atoms with Crippen molar-refractivity contribution in [3.8, 4) is 0 Å². The fourth-order valence-corrected chi connectivity index (χ4v) is 10.6. The zero-order valence-corrected chi connectivity index (χ0v) is 52.8. The Kier molecular flexibility index (Phi) is 24.0. The average Bonchev–Trinajstić information content (AvgIpc) is 3.73. The molecular formula is C64H92N8O12. The number of rotatable bonds is 16. The minimum absolute atomic E-state index is 0.0848. The Morgan fingerprint density at radius 1 is 0.393 bits per heavy atom. The highest BCUT2D eigenvalue weighted by atomic mass is 16.6. The molecule has 2 aromatic heterocycles. The van der Waals surface area contributed by atoms with Gasteiger partial charge in [-0.2, -0.15) is 10.2 Å². The second kappa shape index (κ2) is 29.9. The van der Waals surface area contributed by atoms with Crippen LogP contribution < -0.4 is 0 Å². The van der Waals surface area contributed by atoms with Crippen molar-refractivity contribution >= 4 is 47.5 Å². The minimum Gasteiger partial charge on any atom is -0.451 e. The molecule has 0 aliphatic carbocycles. The van der Waals surface area contributed by atoms with Gasteiger partial charge in [-0.3, -0.25) is 28.5 Å². The van der Waals surface area contributed by atoms with Crippen molar-refractivity contribution in [2.45, 2.75) is 183 Å². The SMILES string of the molecule is Cc1cc(Cc2ccc(C[C@H]3OC(=O)[C@H](CC(C)C)N(C)C(=O)[C@@H](C)OC(=O)[C@H](CC(C)C)N(C)C(=O)[C@@H](Cc4ccc(Cc5cc(C)nn5C)cc4)OC(=O)[C@H](CC(C)C)N(C)C(=O)[C@@H](C)OC(=O)[C@H](CC(C)C)N(C)C3=O)cc2)n(C)n1. The first kappa shape index (κ1) is 67.4. The van der Waals surface area contributed by atoms with Gasteiger partial charge < -0.3 is 38.5 Å². The van der Waals surface area contributed by atoms with Gasteiger partial charge in [0.2, 0.25) is 0 Å². The molecule has 20 nitrogen and oxygen atoms in total. The molecule has 5 rings (SSSR count). The van der Waals surface area contributed by atoms with Gasteiger partial charge in [0.05, 0.1) is 11.4 Å². The van der Waals surface area contributed by atoms with Crippen LogP contribution in [0.15, 0.2) is 60.7 Å². The number of carbonyl (C=O) groups is 8. The third kappa shape index (κ3) is 18.3. The summed E-state index contributed by atoms with van der Waals surface area (Å²) < 4.78 is 27.9. The third-order valence-corrected chi connectivity index (χ3v) is 15.3. The van der Waals surface area contributed by atoms with E-state index in [0.29, 0.717) is 24.0 Å². The summed E-state index contributed by atoms with van der Waals surface area (Å²) in [6.07, 6.45) is -4.77. The fourth-order valence-electron chi connectivity index (χ4n) is 10.6. The van der Waals surface area contributed by atoms with Gasteiger partial charge in [-0.15, -0.1) is 0 Å². The van der Waals surface area contributed by atoms with E-state index in [2.05, 4.69) is 10.2 Å². The van der Waals surface area contributed by atoms with Gasteiger partial charge in [0.1, 0.15) is 24.2 Å². The quantitative estimate of drug-likeness (QED) is 0.0820. The number of aryl methyl sites for hydroxylation is 4. The predicted molar refractivity (Wildman–Crippen MR) is 317 cm³/mol. The highest BCUT2D eigenvalue weighted by Crippen LogP contribution is 2.25. The van der Waals surface area contributed by atoms with E-state index < -0.39 is 96.1 Å². The summed E-state index contributed by atoms with van der Waals surface area (Å²) in [6.45, 7) is 21.4. The van der Waals surface area contributed by atoms with Crippen LogP contribution in [0.5, 0.6) is 0 Å². The number of carbonyl (C=O) groups excluding carboxylic acids is 8. The van der Waals surface area contributed by atoms with Crippen LogP contribution >= 0.6 is 0 Å². The standard InChI is InChI=1S/C64H92N8O12/c1-37(2)27-51-61(77)81-43(11)57(73)67(13)54(30-40(7)8)64(80)84-56(36-48-25-21-46(22-26-48)34-50-32-42(10)66-72(50)18)60(76)70(16)52(28-38(3)4)62(78)82-44(12)58(74)68(14)53(29-39(5)6)63(79)83-55(59(75)69(51)15)35-47-23-19-45(20-24-47)33-49-31-41(9)65-71(49)17/h19-26,31-32,37-40,43-44,51-56H,27-30,33-36H2,1-18H3/t43-,44-,51+,52+,53+,54+,55-,56-/m1/s1. The zero-order chi connectivity index (χ0) is 62.6. The summed E-state index contributed by atoms with van der Waals surface area (Å²) >= 11 is 0.